The third-order valence-electron chi connectivity index (χ3n) is 9.87. The third kappa shape index (κ3) is 5.17. The van der Waals surface area contributed by atoms with Gasteiger partial charge in [0.1, 0.15) is 0 Å². The summed E-state index contributed by atoms with van der Waals surface area (Å²) in [4.78, 5) is 20.6. The van der Waals surface area contributed by atoms with Crippen LogP contribution in [0.15, 0.2) is 182 Å². The fourth-order valence-electron chi connectivity index (χ4n) is 7.30. The Morgan fingerprint density at radius 1 is 0.308 bits per heavy atom. The van der Waals surface area contributed by atoms with Gasteiger partial charge in [0.2, 0.25) is 0 Å². The Balaban J connectivity index is 1.12. The van der Waals surface area contributed by atoms with Crippen LogP contribution < -0.4 is 0 Å². The van der Waals surface area contributed by atoms with Crippen LogP contribution in [0.4, 0.5) is 0 Å². The number of aromatic nitrogens is 4. The van der Waals surface area contributed by atoms with Crippen LogP contribution >= 0.6 is 0 Å². The van der Waals surface area contributed by atoms with E-state index in [0.717, 1.165) is 99.8 Å². The molecule has 4 heteroatoms. The van der Waals surface area contributed by atoms with Crippen molar-refractivity contribution in [3.05, 3.63) is 182 Å². The highest BCUT2D eigenvalue weighted by Gasteiger charge is 2.16. The van der Waals surface area contributed by atoms with Crippen molar-refractivity contribution in [2.24, 2.45) is 0 Å². The van der Waals surface area contributed by atoms with Gasteiger partial charge in [-0.25, -0.2) is 19.9 Å². The SMILES string of the molecule is c1ccc(-c2ccc3ccc4ccc(-c5cccc6c(-c7ccc8nc(-c9ccccc9)nc(-c9ccccc9)c8c7)cccc56)nc4c3n2)cc1. The highest BCUT2D eigenvalue weighted by molar-refractivity contribution is 6.08. The molecule has 0 atom stereocenters. The van der Waals surface area contributed by atoms with Gasteiger partial charge in [0.15, 0.2) is 5.82 Å². The fraction of sp³-hybridized carbons (Fsp3) is 0. The van der Waals surface area contributed by atoms with Crippen LogP contribution in [0.3, 0.4) is 0 Å². The van der Waals surface area contributed by atoms with E-state index in [2.05, 4.69) is 140 Å². The largest absolute Gasteiger partial charge is 0.245 e. The van der Waals surface area contributed by atoms with Crippen LogP contribution in [-0.2, 0) is 0 Å². The van der Waals surface area contributed by atoms with E-state index in [1.165, 1.54) is 0 Å². The molecule has 242 valence electrons. The molecule has 10 aromatic rings. The zero-order valence-corrected chi connectivity index (χ0v) is 28.1. The molecule has 0 saturated carbocycles. The molecule has 0 aliphatic rings. The number of benzene rings is 7. The summed E-state index contributed by atoms with van der Waals surface area (Å²) in [6, 6.07) is 63.2. The lowest BCUT2D eigenvalue weighted by Crippen LogP contribution is -1.96. The molecule has 3 aromatic heterocycles. The molecule has 0 unspecified atom stereocenters. The Labute approximate surface area is 300 Å². The number of fused-ring (bicyclic) bond motifs is 5. The van der Waals surface area contributed by atoms with E-state index < -0.39 is 0 Å². The maximum atomic E-state index is 5.30. The summed E-state index contributed by atoms with van der Waals surface area (Å²) in [6.07, 6.45) is 0. The molecule has 10 rings (SSSR count). The Morgan fingerprint density at radius 3 is 1.56 bits per heavy atom. The van der Waals surface area contributed by atoms with Crippen molar-refractivity contribution in [2.75, 3.05) is 0 Å². The van der Waals surface area contributed by atoms with Crippen LogP contribution in [0.5, 0.6) is 0 Å². The number of nitrogens with zero attached hydrogens (tertiary/aromatic N) is 4. The molecule has 0 radical (unpaired) electrons. The van der Waals surface area contributed by atoms with Crippen LogP contribution in [0, 0.1) is 0 Å². The summed E-state index contributed by atoms with van der Waals surface area (Å²) < 4.78 is 0. The minimum Gasteiger partial charge on any atom is -0.245 e. The first-order valence-corrected chi connectivity index (χ1v) is 17.5. The first-order chi connectivity index (χ1) is 25.8. The molecule has 3 heterocycles. The van der Waals surface area contributed by atoms with Crippen molar-refractivity contribution in [1.82, 2.24) is 19.9 Å². The Kier molecular flexibility index (Phi) is 7.10. The number of rotatable bonds is 5. The van der Waals surface area contributed by atoms with E-state index in [1.54, 1.807) is 0 Å². The van der Waals surface area contributed by atoms with Gasteiger partial charge in [-0.2, -0.15) is 0 Å². The maximum Gasteiger partial charge on any atom is 0.160 e. The van der Waals surface area contributed by atoms with Crippen LogP contribution in [0.1, 0.15) is 0 Å². The average Bonchev–Trinajstić information content (AvgIpc) is 3.23. The van der Waals surface area contributed by atoms with E-state index in [-0.39, 0.29) is 0 Å². The van der Waals surface area contributed by atoms with Gasteiger partial charge in [-0.05, 0) is 46.2 Å². The van der Waals surface area contributed by atoms with Crippen molar-refractivity contribution in [2.45, 2.75) is 0 Å². The standard InChI is InChI=1S/C48H30N4/c1-4-12-31(13-5-1)42-27-24-33-22-23-34-25-28-43(50-47(34)46(33)49-42)40-21-11-19-38-37(18-10-20-39(38)40)36-26-29-44-41(30-36)45(32-14-6-2-7-15-32)52-48(51-44)35-16-8-3-9-17-35/h1-30H. The van der Waals surface area contributed by atoms with Gasteiger partial charge in [-0.1, -0.05) is 158 Å². The summed E-state index contributed by atoms with van der Waals surface area (Å²) in [5, 5.41) is 5.46. The second-order valence-corrected chi connectivity index (χ2v) is 13.0. The highest BCUT2D eigenvalue weighted by Crippen LogP contribution is 2.38. The molecular formula is C48H30N4. The second kappa shape index (κ2) is 12.4. The van der Waals surface area contributed by atoms with E-state index in [9.17, 15) is 0 Å². The first-order valence-electron chi connectivity index (χ1n) is 17.5. The molecule has 0 N–H and O–H groups in total. The maximum absolute atomic E-state index is 5.30. The summed E-state index contributed by atoms with van der Waals surface area (Å²) in [5.41, 5.74) is 12.0. The van der Waals surface area contributed by atoms with Crippen molar-refractivity contribution < 1.29 is 0 Å². The Morgan fingerprint density at radius 2 is 0.865 bits per heavy atom. The summed E-state index contributed by atoms with van der Waals surface area (Å²) in [6.45, 7) is 0. The number of pyridine rings is 2. The van der Waals surface area contributed by atoms with Crippen molar-refractivity contribution in [3.63, 3.8) is 0 Å². The normalized spacial score (nSPS) is 11.5. The lowest BCUT2D eigenvalue weighted by Gasteiger charge is -2.14. The van der Waals surface area contributed by atoms with Gasteiger partial charge in [-0.15, -0.1) is 0 Å². The van der Waals surface area contributed by atoms with Gasteiger partial charge in [0.05, 0.1) is 33.6 Å². The molecule has 52 heavy (non-hydrogen) atoms. The zero-order chi connectivity index (χ0) is 34.4. The van der Waals surface area contributed by atoms with E-state index in [0.29, 0.717) is 0 Å². The predicted molar refractivity (Wildman–Crippen MR) is 215 cm³/mol. The molecule has 0 saturated heterocycles. The Bertz CT molecular complexity index is 2940. The first kappa shape index (κ1) is 29.8. The molecule has 7 aromatic carbocycles. The Hall–Kier alpha value is -7.04. The van der Waals surface area contributed by atoms with Crippen LogP contribution in [-0.4, -0.2) is 19.9 Å². The second-order valence-electron chi connectivity index (χ2n) is 13.0. The van der Waals surface area contributed by atoms with Crippen molar-refractivity contribution >= 4 is 43.5 Å². The molecule has 0 spiro atoms. The van der Waals surface area contributed by atoms with Gasteiger partial charge < -0.3 is 0 Å². The van der Waals surface area contributed by atoms with Crippen molar-refractivity contribution in [3.8, 4) is 56.3 Å². The third-order valence-corrected chi connectivity index (χ3v) is 9.87. The van der Waals surface area contributed by atoms with Crippen LogP contribution in [0.25, 0.3) is 99.8 Å². The zero-order valence-electron chi connectivity index (χ0n) is 28.1. The smallest absolute Gasteiger partial charge is 0.160 e. The van der Waals surface area contributed by atoms with Gasteiger partial charge in [0.25, 0.3) is 0 Å². The highest BCUT2D eigenvalue weighted by atomic mass is 14.9. The van der Waals surface area contributed by atoms with Gasteiger partial charge in [-0.3, -0.25) is 0 Å². The minimum absolute atomic E-state index is 0.719. The fourth-order valence-corrected chi connectivity index (χ4v) is 7.30. The topological polar surface area (TPSA) is 51.6 Å². The average molecular weight is 663 g/mol. The molecule has 0 aliphatic heterocycles. The molecular weight excluding hydrogens is 633 g/mol. The number of hydrogen-bond donors (Lipinski definition) is 0. The lowest BCUT2D eigenvalue weighted by molar-refractivity contribution is 1.23. The number of hydrogen-bond acceptors (Lipinski definition) is 4. The van der Waals surface area contributed by atoms with Gasteiger partial charge >= 0.3 is 0 Å². The van der Waals surface area contributed by atoms with Gasteiger partial charge in [0, 0.05) is 38.4 Å². The summed E-state index contributed by atoms with van der Waals surface area (Å²) in [7, 11) is 0. The summed E-state index contributed by atoms with van der Waals surface area (Å²) >= 11 is 0. The lowest BCUT2D eigenvalue weighted by atomic mass is 9.93. The minimum atomic E-state index is 0.719. The van der Waals surface area contributed by atoms with Crippen LogP contribution in [0.2, 0.25) is 0 Å². The predicted octanol–water partition coefficient (Wildman–Crippen LogP) is 12.2. The van der Waals surface area contributed by atoms with E-state index in [4.69, 9.17) is 19.9 Å². The molecule has 0 fully saturated rings. The molecule has 0 amide bonds. The molecule has 4 nitrogen and oxygen atoms in total. The molecule has 0 bridgehead atoms. The molecule has 0 aliphatic carbocycles. The van der Waals surface area contributed by atoms with E-state index >= 15 is 0 Å². The summed E-state index contributed by atoms with van der Waals surface area (Å²) in [5.74, 6) is 0.719. The monoisotopic (exact) mass is 662 g/mol. The van der Waals surface area contributed by atoms with E-state index in [1.807, 2.05) is 42.5 Å². The van der Waals surface area contributed by atoms with Crippen molar-refractivity contribution in [1.29, 1.82) is 0 Å². The quantitative estimate of drug-likeness (QED) is 0.172.